The Morgan fingerprint density at radius 2 is 1.74 bits per heavy atom. The molecule has 0 bridgehead atoms. The van der Waals surface area contributed by atoms with Gasteiger partial charge in [0, 0.05) is 36.5 Å². The zero-order valence-electron chi connectivity index (χ0n) is 30.2. The summed E-state index contributed by atoms with van der Waals surface area (Å²) in [7, 11) is 0. The molecule has 4 N–H and O–H groups in total. The highest BCUT2D eigenvalue weighted by Crippen LogP contribution is 2.69. The Kier molecular flexibility index (Phi) is 11.6. The Morgan fingerprint density at radius 1 is 1.06 bits per heavy atom. The summed E-state index contributed by atoms with van der Waals surface area (Å²) in [6.07, 6.45) is 0.137. The Hall–Kier alpha value is -4.74. The highest BCUT2D eigenvalue weighted by atomic mass is 19.1. The first-order chi connectivity index (χ1) is 25.4. The number of hydrogen-bond acceptors (Lipinski definition) is 14. The molecule has 0 radical (unpaired) electrons. The number of aliphatic hydroxyl groups is 3. The molecule has 17 heteroatoms. The number of nitrogens with one attached hydrogen (secondary N) is 1. The number of fused-ring (bicyclic) bond motifs is 5. The number of unbranched alkanes of at least 4 members (excludes halogenated alkanes) is 1. The lowest BCUT2D eigenvalue weighted by molar-refractivity contribution is -0.757. The monoisotopic (exact) mass is 760 g/mol. The molecule has 1 aromatic carbocycles. The first-order valence-electron chi connectivity index (χ1n) is 17.7. The van der Waals surface area contributed by atoms with Gasteiger partial charge in [0.1, 0.15) is 11.8 Å². The van der Waals surface area contributed by atoms with Crippen LogP contribution in [-0.2, 0) is 39.9 Å². The summed E-state index contributed by atoms with van der Waals surface area (Å²) in [5.41, 5.74) is -6.44. The minimum Gasteiger partial charge on any atom is -0.464 e. The lowest BCUT2D eigenvalue weighted by Crippen LogP contribution is -2.69. The zero-order valence-corrected chi connectivity index (χ0v) is 30.2. The summed E-state index contributed by atoms with van der Waals surface area (Å²) in [4.78, 5) is 77.0. The van der Waals surface area contributed by atoms with Crippen LogP contribution in [0, 0.1) is 32.8 Å². The maximum absolute atomic E-state index is 17.3. The normalized spacial score (nSPS) is 32.9. The van der Waals surface area contributed by atoms with E-state index in [1.165, 1.54) is 50.3 Å². The number of nitrogens with zero attached hydrogens (tertiary/aromatic N) is 1. The van der Waals surface area contributed by atoms with Crippen molar-refractivity contribution in [3.8, 4) is 5.75 Å². The number of benzene rings is 1. The number of rotatable bonds is 14. The molecule has 16 nitrogen and oxygen atoms in total. The number of alkyl halides is 1. The zero-order chi connectivity index (χ0) is 39.6. The number of halogens is 1. The Balaban J connectivity index is 1.17. The molecule has 1 aromatic rings. The Bertz CT molecular complexity index is 1730. The summed E-state index contributed by atoms with van der Waals surface area (Å²) >= 11 is 0. The van der Waals surface area contributed by atoms with Gasteiger partial charge in [-0.3, -0.25) is 14.4 Å². The third-order valence-corrected chi connectivity index (χ3v) is 11.8. The molecule has 0 aromatic heterocycles. The van der Waals surface area contributed by atoms with Crippen LogP contribution in [0.1, 0.15) is 64.9 Å². The average molecular weight is 761 g/mol. The number of allylic oxidation sites excluding steroid dienone is 4. The molecule has 2 fully saturated rings. The van der Waals surface area contributed by atoms with Gasteiger partial charge in [-0.1, -0.05) is 36.8 Å². The maximum atomic E-state index is 17.3. The van der Waals surface area contributed by atoms with E-state index in [0.29, 0.717) is 17.6 Å². The minimum absolute atomic E-state index is 0.00882. The molecule has 0 saturated heterocycles. The summed E-state index contributed by atoms with van der Waals surface area (Å²) in [6.45, 7) is 3.17. The van der Waals surface area contributed by atoms with Gasteiger partial charge in [0.05, 0.1) is 25.4 Å². The second-order valence-corrected chi connectivity index (χ2v) is 14.9. The molecular formula is C37H45FN2O14. The first kappa shape index (κ1) is 40.4. The van der Waals surface area contributed by atoms with Crippen molar-refractivity contribution in [2.45, 2.75) is 95.2 Å². The van der Waals surface area contributed by atoms with E-state index in [1.807, 2.05) is 0 Å². The third kappa shape index (κ3) is 7.36. The van der Waals surface area contributed by atoms with Gasteiger partial charge in [-0.25, -0.2) is 14.0 Å². The average Bonchev–Trinajstić information content (AvgIpc) is 3.31. The molecule has 54 heavy (non-hydrogen) atoms. The van der Waals surface area contributed by atoms with E-state index in [1.54, 1.807) is 13.0 Å². The molecule has 4 aliphatic carbocycles. The van der Waals surface area contributed by atoms with Crippen LogP contribution in [0.4, 0.5) is 9.18 Å². The van der Waals surface area contributed by atoms with Crippen LogP contribution in [0.3, 0.4) is 0 Å². The SMILES string of the molecule is CC(=O)N[C@@H](Cc1ccc(OC(=O)OCC(=O)[C@@]2(O)[C@H](O)C[C@H]3[C@@H]4CC=C5CC(=O)C=C[C@]5(C)[C@@]4(F)[C@@H](O)C[C@@]32C)cc1)C(=O)OCCCCO[N+](=O)[O-]. The van der Waals surface area contributed by atoms with Crippen molar-refractivity contribution in [1.82, 2.24) is 5.32 Å². The smallest absolute Gasteiger partial charge is 0.464 e. The topological polar surface area (TPSA) is 238 Å². The van der Waals surface area contributed by atoms with Gasteiger partial charge < -0.3 is 39.7 Å². The molecule has 0 heterocycles. The van der Waals surface area contributed by atoms with Gasteiger partial charge in [-0.05, 0) is 68.7 Å². The van der Waals surface area contributed by atoms with Gasteiger partial charge in [0.25, 0.3) is 5.09 Å². The van der Waals surface area contributed by atoms with E-state index in [4.69, 9.17) is 14.2 Å². The van der Waals surface area contributed by atoms with Crippen molar-refractivity contribution in [2.24, 2.45) is 22.7 Å². The van der Waals surface area contributed by atoms with Crippen LogP contribution < -0.4 is 10.1 Å². The lowest BCUT2D eigenvalue weighted by Gasteiger charge is -2.61. The van der Waals surface area contributed by atoms with E-state index in [0.717, 1.165) is 0 Å². The Labute approximate surface area is 309 Å². The van der Waals surface area contributed by atoms with Crippen molar-refractivity contribution in [1.29, 1.82) is 0 Å². The van der Waals surface area contributed by atoms with E-state index >= 15 is 4.39 Å². The molecule has 5 rings (SSSR count). The number of hydrogen-bond donors (Lipinski definition) is 4. The van der Waals surface area contributed by atoms with Crippen molar-refractivity contribution in [2.75, 3.05) is 19.8 Å². The third-order valence-electron chi connectivity index (χ3n) is 11.8. The van der Waals surface area contributed by atoms with Gasteiger partial charge in [0.15, 0.2) is 23.7 Å². The number of carbonyl (C=O) groups excluding carboxylic acids is 5. The summed E-state index contributed by atoms with van der Waals surface area (Å²) in [5, 5.41) is 46.3. The van der Waals surface area contributed by atoms with Gasteiger partial charge in [-0.2, -0.15) is 0 Å². The predicted molar refractivity (Wildman–Crippen MR) is 183 cm³/mol. The molecule has 2 saturated carbocycles. The van der Waals surface area contributed by atoms with Crippen LogP contribution >= 0.6 is 0 Å². The van der Waals surface area contributed by atoms with Gasteiger partial charge >= 0.3 is 12.1 Å². The summed E-state index contributed by atoms with van der Waals surface area (Å²) in [5.74, 6) is -4.11. The molecule has 0 spiro atoms. The number of ether oxygens (including phenoxy) is 3. The molecule has 9 atom stereocenters. The van der Waals surface area contributed by atoms with Crippen molar-refractivity contribution in [3.05, 3.63) is 63.7 Å². The fraction of sp³-hybridized carbons (Fsp3) is 0.595. The second-order valence-electron chi connectivity index (χ2n) is 14.9. The van der Waals surface area contributed by atoms with Crippen LogP contribution in [0.25, 0.3) is 0 Å². The van der Waals surface area contributed by atoms with Crippen LogP contribution in [0.15, 0.2) is 48.1 Å². The number of Topliss-reactive ketones (excluding diaryl/α,β-unsaturated/α-hetero) is 1. The summed E-state index contributed by atoms with van der Waals surface area (Å²) < 4.78 is 32.7. The molecule has 0 unspecified atom stereocenters. The molecule has 1 amide bonds. The first-order valence-corrected chi connectivity index (χ1v) is 17.7. The number of carbonyl (C=O) groups is 5. The molecule has 0 aliphatic heterocycles. The molecule has 4 aliphatic rings. The highest BCUT2D eigenvalue weighted by Gasteiger charge is 2.76. The van der Waals surface area contributed by atoms with Crippen LogP contribution in [0.5, 0.6) is 5.75 Å². The predicted octanol–water partition coefficient (Wildman–Crippen LogP) is 2.42. The van der Waals surface area contributed by atoms with Crippen LogP contribution in [-0.4, -0.2) is 99.3 Å². The number of aliphatic hydroxyl groups excluding tert-OH is 2. The summed E-state index contributed by atoms with van der Waals surface area (Å²) in [6, 6.07) is 4.70. The van der Waals surface area contributed by atoms with Gasteiger partial charge in [0.2, 0.25) is 11.7 Å². The van der Waals surface area contributed by atoms with E-state index in [2.05, 4.69) is 10.2 Å². The standard InChI is InChI=1S/C37H45FN2O14/c1-21(41)39-28(32(46)51-14-4-5-15-53-40(49)50)16-22-6-9-25(10-7-22)54-33(47)52-20-31(45)37(48)29(43)18-27-26-11-8-23-17-24(42)12-13-34(23,2)36(26,38)30(44)19-35(27,37)3/h6-10,12-13,26-30,43-44,48H,4-5,11,14-20H2,1-3H3,(H,39,41)/t26-,27-,28-,29+,30-,34-,35-,36-,37-/m0/s1. The van der Waals surface area contributed by atoms with Crippen LogP contribution in [0.2, 0.25) is 0 Å². The Morgan fingerprint density at radius 3 is 2.41 bits per heavy atom. The van der Waals surface area contributed by atoms with E-state index in [-0.39, 0.29) is 63.3 Å². The maximum Gasteiger partial charge on any atom is 0.514 e. The van der Waals surface area contributed by atoms with E-state index in [9.17, 15) is 49.4 Å². The fourth-order valence-electron chi connectivity index (χ4n) is 8.98. The number of ketones is 2. The van der Waals surface area contributed by atoms with Crippen molar-refractivity contribution >= 4 is 29.6 Å². The number of esters is 1. The lowest BCUT2D eigenvalue weighted by atomic mass is 9.45. The fourth-order valence-corrected chi connectivity index (χ4v) is 8.98. The second kappa shape index (κ2) is 15.5. The molecule has 294 valence electrons. The van der Waals surface area contributed by atoms with Crippen molar-refractivity contribution < 1.29 is 67.8 Å². The quantitative estimate of drug-likeness (QED) is 0.0532. The van der Waals surface area contributed by atoms with Crippen molar-refractivity contribution in [3.63, 3.8) is 0 Å². The number of amides is 1. The van der Waals surface area contributed by atoms with E-state index < -0.39 is 87.7 Å². The highest BCUT2D eigenvalue weighted by molar-refractivity contribution is 5.94. The molecular weight excluding hydrogens is 715 g/mol. The minimum atomic E-state index is -2.50. The van der Waals surface area contributed by atoms with Gasteiger partial charge in [-0.15, -0.1) is 10.1 Å². The largest absolute Gasteiger partial charge is 0.514 e.